The lowest BCUT2D eigenvalue weighted by Crippen LogP contribution is -2.48. The number of nitrogens with two attached hydrogens (primary N) is 1. The maximum Gasteiger partial charge on any atom is 0.138 e. The lowest BCUT2D eigenvalue weighted by molar-refractivity contribution is -0.153. The zero-order valence-corrected chi connectivity index (χ0v) is 12.8. The van der Waals surface area contributed by atoms with E-state index in [0.29, 0.717) is 15.8 Å². The van der Waals surface area contributed by atoms with Crippen molar-refractivity contribution in [2.75, 3.05) is 6.61 Å². The molecule has 20 heavy (non-hydrogen) atoms. The Kier molecular flexibility index (Phi) is 3.89. The summed E-state index contributed by atoms with van der Waals surface area (Å²) in [5, 5.41) is 0.560. The second-order valence-corrected chi connectivity index (χ2v) is 6.47. The molecule has 3 nitrogen and oxygen atoms in total. The first-order valence-corrected chi connectivity index (χ1v) is 7.77. The quantitative estimate of drug-likeness (QED) is 0.868. The second-order valence-electron chi connectivity index (χ2n) is 5.63. The summed E-state index contributed by atoms with van der Waals surface area (Å²) in [4.78, 5) is 0.345. The third-order valence-electron chi connectivity index (χ3n) is 4.22. The van der Waals surface area contributed by atoms with Crippen molar-refractivity contribution in [1.82, 2.24) is 0 Å². The first-order chi connectivity index (χ1) is 9.58. The predicted molar refractivity (Wildman–Crippen MR) is 83.5 cm³/mol. The third kappa shape index (κ3) is 2.78. The fourth-order valence-electron chi connectivity index (χ4n) is 2.93. The SMILES string of the molecule is NC(=S)c1ccc(OC2CCOC3(CCC3)C2)c(Cl)c1. The summed E-state index contributed by atoms with van der Waals surface area (Å²) < 4.78 is 12.0. The molecule has 0 bridgehead atoms. The minimum absolute atomic E-state index is 0.0775. The molecule has 1 aliphatic heterocycles. The molecule has 5 heteroatoms. The molecule has 1 saturated heterocycles. The van der Waals surface area contributed by atoms with E-state index in [2.05, 4.69) is 0 Å². The minimum atomic E-state index is 0.0775. The van der Waals surface area contributed by atoms with E-state index in [-0.39, 0.29) is 11.7 Å². The monoisotopic (exact) mass is 311 g/mol. The van der Waals surface area contributed by atoms with Crippen molar-refractivity contribution in [3.8, 4) is 5.75 Å². The number of thiocarbonyl (C=S) groups is 1. The van der Waals surface area contributed by atoms with E-state index < -0.39 is 0 Å². The van der Waals surface area contributed by atoms with Crippen LogP contribution in [-0.4, -0.2) is 23.3 Å². The van der Waals surface area contributed by atoms with Gasteiger partial charge in [0.2, 0.25) is 0 Å². The standard InChI is InChI=1S/C15H18ClNO2S/c16-12-8-10(14(17)20)2-3-13(12)19-11-4-7-18-15(9-11)5-1-6-15/h2-3,8,11H,1,4-7,9H2,(H2,17,20). The topological polar surface area (TPSA) is 44.5 Å². The molecule has 0 aromatic heterocycles. The molecule has 3 rings (SSSR count). The van der Waals surface area contributed by atoms with Gasteiger partial charge in [0.1, 0.15) is 16.8 Å². The fourth-order valence-corrected chi connectivity index (χ4v) is 3.28. The third-order valence-corrected chi connectivity index (χ3v) is 4.75. The van der Waals surface area contributed by atoms with Crippen molar-refractivity contribution >= 4 is 28.8 Å². The van der Waals surface area contributed by atoms with Crippen LogP contribution in [0.25, 0.3) is 0 Å². The van der Waals surface area contributed by atoms with Gasteiger partial charge in [0, 0.05) is 18.4 Å². The van der Waals surface area contributed by atoms with Crippen LogP contribution in [0.5, 0.6) is 5.75 Å². The minimum Gasteiger partial charge on any atom is -0.489 e. The molecule has 1 heterocycles. The van der Waals surface area contributed by atoms with Gasteiger partial charge in [-0.2, -0.15) is 0 Å². The molecule has 1 unspecified atom stereocenters. The summed E-state index contributed by atoms with van der Waals surface area (Å²) >= 11 is 11.2. The Morgan fingerprint density at radius 2 is 2.25 bits per heavy atom. The Balaban J connectivity index is 1.69. The van der Waals surface area contributed by atoms with Gasteiger partial charge in [0.05, 0.1) is 17.2 Å². The average Bonchev–Trinajstić information content (AvgIpc) is 2.39. The molecular formula is C15H18ClNO2S. The number of hydrogen-bond acceptors (Lipinski definition) is 3. The largest absolute Gasteiger partial charge is 0.489 e. The van der Waals surface area contributed by atoms with Crippen molar-refractivity contribution in [2.45, 2.75) is 43.8 Å². The van der Waals surface area contributed by atoms with E-state index in [1.807, 2.05) is 12.1 Å². The van der Waals surface area contributed by atoms with Crippen molar-refractivity contribution in [3.05, 3.63) is 28.8 Å². The molecule has 2 aliphatic rings. The molecule has 1 saturated carbocycles. The van der Waals surface area contributed by atoms with Crippen LogP contribution in [0.1, 0.15) is 37.7 Å². The molecule has 108 valence electrons. The van der Waals surface area contributed by atoms with Gasteiger partial charge >= 0.3 is 0 Å². The Hall–Kier alpha value is -0.840. The summed E-state index contributed by atoms with van der Waals surface area (Å²) in [6, 6.07) is 5.46. The highest BCUT2D eigenvalue weighted by atomic mass is 35.5. The van der Waals surface area contributed by atoms with Crippen LogP contribution in [0.15, 0.2) is 18.2 Å². The number of ether oxygens (including phenoxy) is 2. The maximum atomic E-state index is 6.24. The number of rotatable bonds is 3. The molecule has 2 N–H and O–H groups in total. The van der Waals surface area contributed by atoms with E-state index in [1.165, 1.54) is 6.42 Å². The van der Waals surface area contributed by atoms with Crippen LogP contribution in [-0.2, 0) is 4.74 Å². The van der Waals surface area contributed by atoms with Crippen LogP contribution in [0.4, 0.5) is 0 Å². The highest BCUT2D eigenvalue weighted by molar-refractivity contribution is 7.80. The number of halogens is 1. The van der Waals surface area contributed by atoms with Crippen LogP contribution >= 0.6 is 23.8 Å². The van der Waals surface area contributed by atoms with Crippen molar-refractivity contribution < 1.29 is 9.47 Å². The molecule has 1 aromatic carbocycles. The van der Waals surface area contributed by atoms with Crippen molar-refractivity contribution in [1.29, 1.82) is 0 Å². The van der Waals surface area contributed by atoms with Crippen molar-refractivity contribution in [3.63, 3.8) is 0 Å². The lowest BCUT2D eigenvalue weighted by atomic mass is 9.74. The van der Waals surface area contributed by atoms with E-state index >= 15 is 0 Å². The smallest absolute Gasteiger partial charge is 0.138 e. The molecule has 1 spiro atoms. The average molecular weight is 312 g/mol. The number of hydrogen-bond donors (Lipinski definition) is 1. The van der Waals surface area contributed by atoms with Gasteiger partial charge in [-0.3, -0.25) is 0 Å². The van der Waals surface area contributed by atoms with E-state index in [0.717, 1.165) is 37.9 Å². The molecular weight excluding hydrogens is 294 g/mol. The Morgan fingerprint density at radius 1 is 1.45 bits per heavy atom. The van der Waals surface area contributed by atoms with Crippen LogP contribution in [0.3, 0.4) is 0 Å². The molecule has 0 radical (unpaired) electrons. The van der Waals surface area contributed by atoms with Gasteiger partial charge in [0.15, 0.2) is 0 Å². The second kappa shape index (κ2) is 5.51. The summed E-state index contributed by atoms with van der Waals surface area (Å²) in [5.74, 6) is 0.702. The first kappa shape index (κ1) is 14.1. The van der Waals surface area contributed by atoms with E-state index in [9.17, 15) is 0 Å². The Morgan fingerprint density at radius 3 is 2.85 bits per heavy atom. The van der Waals surface area contributed by atoms with Crippen LogP contribution in [0, 0.1) is 0 Å². The Labute approximate surface area is 129 Å². The van der Waals surface area contributed by atoms with Gasteiger partial charge in [0.25, 0.3) is 0 Å². The predicted octanol–water partition coefficient (Wildman–Crippen LogP) is 3.45. The molecule has 0 amide bonds. The number of benzene rings is 1. The van der Waals surface area contributed by atoms with Crippen LogP contribution < -0.4 is 10.5 Å². The molecule has 2 fully saturated rings. The van der Waals surface area contributed by atoms with Crippen molar-refractivity contribution in [2.24, 2.45) is 5.73 Å². The Bertz CT molecular complexity index is 531. The molecule has 1 aliphatic carbocycles. The van der Waals surface area contributed by atoms with Crippen LogP contribution in [0.2, 0.25) is 5.02 Å². The van der Waals surface area contributed by atoms with Gasteiger partial charge in [-0.05, 0) is 37.5 Å². The van der Waals surface area contributed by atoms with E-state index in [4.69, 9.17) is 39.0 Å². The zero-order chi connectivity index (χ0) is 14.2. The highest BCUT2D eigenvalue weighted by Gasteiger charge is 2.43. The summed E-state index contributed by atoms with van der Waals surface area (Å²) in [5.41, 5.74) is 6.43. The zero-order valence-electron chi connectivity index (χ0n) is 11.2. The maximum absolute atomic E-state index is 6.24. The highest BCUT2D eigenvalue weighted by Crippen LogP contribution is 2.43. The van der Waals surface area contributed by atoms with E-state index in [1.54, 1.807) is 6.07 Å². The first-order valence-electron chi connectivity index (χ1n) is 6.98. The van der Waals surface area contributed by atoms with Gasteiger partial charge in [-0.1, -0.05) is 23.8 Å². The van der Waals surface area contributed by atoms with Gasteiger partial charge < -0.3 is 15.2 Å². The normalized spacial score (nSPS) is 24.1. The summed E-state index contributed by atoms with van der Waals surface area (Å²) in [7, 11) is 0. The molecule has 1 aromatic rings. The summed E-state index contributed by atoms with van der Waals surface area (Å²) in [6.45, 7) is 0.771. The summed E-state index contributed by atoms with van der Waals surface area (Å²) in [6.07, 6.45) is 5.62. The lowest BCUT2D eigenvalue weighted by Gasteiger charge is -2.46. The molecule has 1 atom stereocenters. The fraction of sp³-hybridized carbons (Fsp3) is 0.533. The van der Waals surface area contributed by atoms with Gasteiger partial charge in [-0.15, -0.1) is 0 Å². The van der Waals surface area contributed by atoms with Gasteiger partial charge in [-0.25, -0.2) is 0 Å².